The lowest BCUT2D eigenvalue weighted by atomic mass is 10.1. The van der Waals surface area contributed by atoms with Crippen molar-refractivity contribution in [1.29, 1.82) is 0 Å². The van der Waals surface area contributed by atoms with E-state index in [-0.39, 0.29) is 23.9 Å². The van der Waals surface area contributed by atoms with E-state index < -0.39 is 23.1 Å². The van der Waals surface area contributed by atoms with Crippen molar-refractivity contribution in [3.05, 3.63) is 46.7 Å². The van der Waals surface area contributed by atoms with Crippen molar-refractivity contribution >= 4 is 29.1 Å². The van der Waals surface area contributed by atoms with Gasteiger partial charge in [0.25, 0.3) is 5.91 Å². The van der Waals surface area contributed by atoms with Crippen LogP contribution in [0.4, 0.5) is 20.4 Å². The SMILES string of the molecule is Nc1ncnc(N2CCN(C(=O)c3c(F)cccc3F)CC2)c1Cl. The van der Waals surface area contributed by atoms with E-state index in [9.17, 15) is 13.6 Å². The molecule has 6 nitrogen and oxygen atoms in total. The van der Waals surface area contributed by atoms with Crippen molar-refractivity contribution in [1.82, 2.24) is 14.9 Å². The zero-order valence-electron chi connectivity index (χ0n) is 12.5. The number of amides is 1. The lowest BCUT2D eigenvalue weighted by Crippen LogP contribution is -2.49. The molecule has 2 N–H and O–H groups in total. The fourth-order valence-corrected chi connectivity index (χ4v) is 2.79. The van der Waals surface area contributed by atoms with E-state index in [1.54, 1.807) is 0 Å². The first-order valence-electron chi connectivity index (χ1n) is 7.23. The molecule has 2 heterocycles. The summed E-state index contributed by atoms with van der Waals surface area (Å²) in [6.07, 6.45) is 1.31. The highest BCUT2D eigenvalue weighted by Crippen LogP contribution is 2.28. The maximum atomic E-state index is 13.7. The molecule has 0 radical (unpaired) electrons. The Kier molecular flexibility index (Phi) is 4.48. The molecule has 1 aliphatic heterocycles. The van der Waals surface area contributed by atoms with Gasteiger partial charge in [0.15, 0.2) is 5.82 Å². The smallest absolute Gasteiger partial charge is 0.259 e. The molecular weight excluding hydrogens is 340 g/mol. The molecule has 24 heavy (non-hydrogen) atoms. The van der Waals surface area contributed by atoms with Gasteiger partial charge in [-0.25, -0.2) is 18.7 Å². The lowest BCUT2D eigenvalue weighted by molar-refractivity contribution is 0.0736. The predicted molar refractivity (Wildman–Crippen MR) is 85.9 cm³/mol. The second-order valence-electron chi connectivity index (χ2n) is 5.27. The average molecular weight is 354 g/mol. The summed E-state index contributed by atoms with van der Waals surface area (Å²) in [7, 11) is 0. The molecule has 0 spiro atoms. The second-order valence-corrected chi connectivity index (χ2v) is 5.65. The highest BCUT2D eigenvalue weighted by Gasteiger charge is 2.27. The fourth-order valence-electron chi connectivity index (χ4n) is 2.58. The van der Waals surface area contributed by atoms with Crippen molar-refractivity contribution in [2.75, 3.05) is 36.8 Å². The number of rotatable bonds is 2. The lowest BCUT2D eigenvalue weighted by Gasteiger charge is -2.35. The topological polar surface area (TPSA) is 75.3 Å². The zero-order chi connectivity index (χ0) is 17.3. The van der Waals surface area contributed by atoms with Crippen LogP contribution in [0.15, 0.2) is 24.5 Å². The van der Waals surface area contributed by atoms with Crippen molar-refractivity contribution in [3.8, 4) is 0 Å². The minimum Gasteiger partial charge on any atom is -0.382 e. The first-order chi connectivity index (χ1) is 11.5. The first-order valence-corrected chi connectivity index (χ1v) is 7.61. The highest BCUT2D eigenvalue weighted by atomic mass is 35.5. The van der Waals surface area contributed by atoms with Crippen LogP contribution in [0.2, 0.25) is 5.02 Å². The summed E-state index contributed by atoms with van der Waals surface area (Å²) in [6.45, 7) is 1.40. The quantitative estimate of drug-likeness (QED) is 0.893. The number of hydrogen-bond donors (Lipinski definition) is 1. The molecule has 1 aliphatic rings. The van der Waals surface area contributed by atoms with Gasteiger partial charge in [-0.05, 0) is 12.1 Å². The maximum Gasteiger partial charge on any atom is 0.259 e. The van der Waals surface area contributed by atoms with Gasteiger partial charge in [0.05, 0.1) is 0 Å². The zero-order valence-corrected chi connectivity index (χ0v) is 13.3. The summed E-state index contributed by atoms with van der Waals surface area (Å²) in [6, 6.07) is 3.35. The van der Waals surface area contributed by atoms with E-state index in [2.05, 4.69) is 9.97 Å². The van der Waals surface area contributed by atoms with E-state index in [1.807, 2.05) is 4.90 Å². The van der Waals surface area contributed by atoms with E-state index in [0.29, 0.717) is 18.9 Å². The van der Waals surface area contributed by atoms with Gasteiger partial charge in [0, 0.05) is 26.2 Å². The number of carbonyl (C=O) groups is 1. The van der Waals surface area contributed by atoms with E-state index in [0.717, 1.165) is 12.1 Å². The average Bonchev–Trinajstić information content (AvgIpc) is 2.57. The van der Waals surface area contributed by atoms with Crippen molar-refractivity contribution < 1.29 is 13.6 Å². The van der Waals surface area contributed by atoms with Crippen molar-refractivity contribution in [2.45, 2.75) is 0 Å². The monoisotopic (exact) mass is 353 g/mol. The molecule has 1 fully saturated rings. The van der Waals surface area contributed by atoms with E-state index in [4.69, 9.17) is 17.3 Å². The molecule has 0 bridgehead atoms. The Labute approximate surface area is 141 Å². The number of anilines is 2. The molecule has 0 atom stereocenters. The van der Waals surface area contributed by atoms with Crippen LogP contribution in [-0.4, -0.2) is 47.0 Å². The van der Waals surface area contributed by atoms with Gasteiger partial charge in [-0.15, -0.1) is 0 Å². The normalized spacial score (nSPS) is 14.8. The molecule has 1 saturated heterocycles. The summed E-state index contributed by atoms with van der Waals surface area (Å²) in [5.41, 5.74) is 5.12. The molecule has 0 unspecified atom stereocenters. The molecular formula is C15H14ClF2N5O. The van der Waals surface area contributed by atoms with Crippen molar-refractivity contribution in [2.24, 2.45) is 0 Å². The van der Waals surface area contributed by atoms with Crippen LogP contribution in [-0.2, 0) is 0 Å². The first kappa shape index (κ1) is 16.4. The van der Waals surface area contributed by atoms with Gasteiger partial charge in [-0.2, -0.15) is 0 Å². The Morgan fingerprint density at radius 3 is 2.38 bits per heavy atom. The van der Waals surface area contributed by atoms with Crippen LogP contribution in [0.1, 0.15) is 10.4 Å². The van der Waals surface area contributed by atoms with Gasteiger partial charge < -0.3 is 15.5 Å². The predicted octanol–water partition coefficient (Wildman–Crippen LogP) is 1.95. The molecule has 0 saturated carbocycles. The van der Waals surface area contributed by atoms with Gasteiger partial charge >= 0.3 is 0 Å². The second kappa shape index (κ2) is 6.56. The Morgan fingerprint density at radius 1 is 1.12 bits per heavy atom. The summed E-state index contributed by atoms with van der Waals surface area (Å²) < 4.78 is 27.5. The molecule has 9 heteroatoms. The number of piperazine rings is 1. The standard InChI is InChI=1S/C15H14ClF2N5O/c16-12-13(19)20-8-21-14(12)22-4-6-23(7-5-22)15(24)11-9(17)2-1-3-10(11)18/h1-3,8H,4-7H2,(H2,19,20,21). The molecule has 1 aromatic heterocycles. The Bertz CT molecular complexity index is 760. The highest BCUT2D eigenvalue weighted by molar-refractivity contribution is 6.35. The van der Waals surface area contributed by atoms with Crippen LogP contribution in [0.5, 0.6) is 0 Å². The third kappa shape index (κ3) is 2.96. The van der Waals surface area contributed by atoms with E-state index >= 15 is 0 Å². The maximum absolute atomic E-state index is 13.7. The number of halogens is 3. The Balaban J connectivity index is 1.73. The van der Waals surface area contributed by atoms with Gasteiger partial charge in [0.1, 0.15) is 34.4 Å². The minimum absolute atomic E-state index is 0.175. The summed E-state index contributed by atoms with van der Waals surface area (Å²) in [5, 5.41) is 0.248. The number of benzene rings is 1. The van der Waals surface area contributed by atoms with Gasteiger partial charge in [-0.1, -0.05) is 17.7 Å². The molecule has 0 aliphatic carbocycles. The number of aromatic nitrogens is 2. The van der Waals surface area contributed by atoms with Crippen LogP contribution < -0.4 is 10.6 Å². The number of nitrogens with two attached hydrogens (primary N) is 1. The van der Waals surface area contributed by atoms with Crippen LogP contribution in [0.3, 0.4) is 0 Å². The number of nitrogen functional groups attached to an aromatic ring is 1. The largest absolute Gasteiger partial charge is 0.382 e. The molecule has 2 aromatic rings. The Morgan fingerprint density at radius 2 is 1.75 bits per heavy atom. The third-order valence-electron chi connectivity index (χ3n) is 3.84. The molecule has 126 valence electrons. The van der Waals surface area contributed by atoms with Crippen LogP contribution >= 0.6 is 11.6 Å². The van der Waals surface area contributed by atoms with Crippen molar-refractivity contribution in [3.63, 3.8) is 0 Å². The third-order valence-corrected chi connectivity index (χ3v) is 4.20. The Hall–Kier alpha value is -2.48. The summed E-state index contributed by atoms with van der Waals surface area (Å²) >= 11 is 6.09. The van der Waals surface area contributed by atoms with Gasteiger partial charge in [-0.3, -0.25) is 4.79 Å². The van der Waals surface area contributed by atoms with Crippen LogP contribution in [0, 0.1) is 11.6 Å². The fraction of sp³-hybridized carbons (Fsp3) is 0.267. The van der Waals surface area contributed by atoms with Gasteiger partial charge in [0.2, 0.25) is 0 Å². The summed E-state index contributed by atoms with van der Waals surface area (Å²) in [5.74, 6) is -1.75. The molecule has 1 aromatic carbocycles. The van der Waals surface area contributed by atoms with Crippen LogP contribution in [0.25, 0.3) is 0 Å². The number of nitrogens with zero attached hydrogens (tertiary/aromatic N) is 4. The summed E-state index contributed by atoms with van der Waals surface area (Å²) in [4.78, 5) is 23.5. The molecule has 1 amide bonds. The number of hydrogen-bond acceptors (Lipinski definition) is 5. The molecule has 3 rings (SSSR count). The van der Waals surface area contributed by atoms with E-state index in [1.165, 1.54) is 17.3 Å². The minimum atomic E-state index is -0.867. The number of carbonyl (C=O) groups excluding carboxylic acids is 1.